The van der Waals surface area contributed by atoms with Crippen molar-refractivity contribution < 1.29 is 9.53 Å². The summed E-state index contributed by atoms with van der Waals surface area (Å²) < 4.78 is 5.14. The normalized spacial score (nSPS) is 47.0. The van der Waals surface area contributed by atoms with Crippen LogP contribution in [0.15, 0.2) is 0 Å². The third-order valence-corrected chi connectivity index (χ3v) is 3.52. The van der Waals surface area contributed by atoms with Crippen molar-refractivity contribution in [1.29, 1.82) is 0 Å². The van der Waals surface area contributed by atoms with Crippen LogP contribution in [-0.2, 0) is 9.53 Å². The van der Waals surface area contributed by atoms with Gasteiger partial charge in [-0.2, -0.15) is 0 Å². The molecule has 1 aliphatic heterocycles. The van der Waals surface area contributed by atoms with Gasteiger partial charge < -0.3 is 4.74 Å². The molecular weight excluding hydrogens is 152 g/mol. The summed E-state index contributed by atoms with van der Waals surface area (Å²) in [6.07, 6.45) is 2.43. The van der Waals surface area contributed by atoms with Gasteiger partial charge in [-0.15, -0.1) is 0 Å². The molecule has 2 aliphatic rings. The molecule has 2 nitrogen and oxygen atoms in total. The summed E-state index contributed by atoms with van der Waals surface area (Å²) in [7, 11) is 0. The Hall–Kier alpha value is -0.530. The number of rotatable bonds is 0. The van der Waals surface area contributed by atoms with E-state index in [1.165, 1.54) is 12.8 Å². The molecule has 2 heteroatoms. The highest BCUT2D eigenvalue weighted by molar-refractivity contribution is 5.74. The van der Waals surface area contributed by atoms with E-state index in [-0.39, 0.29) is 11.9 Å². The van der Waals surface area contributed by atoms with Gasteiger partial charge in [-0.1, -0.05) is 13.8 Å². The van der Waals surface area contributed by atoms with Crippen LogP contribution in [0.4, 0.5) is 0 Å². The molecule has 2 fully saturated rings. The first-order valence-corrected chi connectivity index (χ1v) is 4.87. The molecule has 1 aliphatic carbocycles. The fraction of sp³-hybridized carbons (Fsp3) is 0.900. The second kappa shape index (κ2) is 2.75. The number of hydrogen-bond donors (Lipinski definition) is 0. The molecule has 2 rings (SSSR count). The van der Waals surface area contributed by atoms with Crippen molar-refractivity contribution in [2.75, 3.05) is 6.61 Å². The number of carbonyl (C=O) groups excluding carboxylic acids is 1. The topological polar surface area (TPSA) is 26.3 Å². The second-order valence-electron chi connectivity index (χ2n) is 4.35. The van der Waals surface area contributed by atoms with Crippen LogP contribution in [0, 0.1) is 23.7 Å². The van der Waals surface area contributed by atoms with Gasteiger partial charge in [-0.3, -0.25) is 4.79 Å². The standard InChI is InChI=1S/C10H16O2/c1-6-3-4-8-7(2)5-12-10(11)9(6)8/h6-9H,3-5H2,1-2H3/t6-,7+,8?,9?/m1/s1. The number of cyclic esters (lactones) is 1. The molecule has 1 saturated heterocycles. The lowest BCUT2D eigenvalue weighted by Crippen LogP contribution is -2.37. The molecule has 0 spiro atoms. The summed E-state index contributed by atoms with van der Waals surface area (Å²) >= 11 is 0. The first kappa shape index (κ1) is 8.09. The van der Waals surface area contributed by atoms with E-state index in [4.69, 9.17) is 4.74 Å². The average molecular weight is 168 g/mol. The Morgan fingerprint density at radius 3 is 2.67 bits per heavy atom. The van der Waals surface area contributed by atoms with Crippen molar-refractivity contribution in [3.05, 3.63) is 0 Å². The molecule has 0 aromatic carbocycles. The Kier molecular flexibility index (Phi) is 1.85. The highest BCUT2D eigenvalue weighted by Gasteiger charge is 2.45. The Morgan fingerprint density at radius 2 is 2.00 bits per heavy atom. The predicted octanol–water partition coefficient (Wildman–Crippen LogP) is 1.84. The third kappa shape index (κ3) is 1.05. The lowest BCUT2D eigenvalue weighted by Gasteiger charge is -2.31. The van der Waals surface area contributed by atoms with E-state index in [1.54, 1.807) is 0 Å². The van der Waals surface area contributed by atoms with Gasteiger partial charge in [0.1, 0.15) is 0 Å². The summed E-state index contributed by atoms with van der Waals surface area (Å²) in [6, 6.07) is 0. The molecule has 4 atom stereocenters. The second-order valence-corrected chi connectivity index (χ2v) is 4.35. The fourth-order valence-electron chi connectivity index (χ4n) is 2.72. The summed E-state index contributed by atoms with van der Waals surface area (Å²) in [4.78, 5) is 11.4. The largest absolute Gasteiger partial charge is 0.465 e. The van der Waals surface area contributed by atoms with Crippen LogP contribution < -0.4 is 0 Å². The van der Waals surface area contributed by atoms with Crippen LogP contribution in [0.2, 0.25) is 0 Å². The third-order valence-electron chi connectivity index (χ3n) is 3.52. The monoisotopic (exact) mass is 168 g/mol. The molecule has 2 unspecified atom stereocenters. The SMILES string of the molecule is C[C@@H]1CCC2C1C(=O)OC[C@@H]2C. The molecule has 0 aromatic heterocycles. The van der Waals surface area contributed by atoms with E-state index in [2.05, 4.69) is 13.8 Å². The van der Waals surface area contributed by atoms with Crippen LogP contribution in [0.5, 0.6) is 0 Å². The van der Waals surface area contributed by atoms with E-state index in [1.807, 2.05) is 0 Å². The maximum Gasteiger partial charge on any atom is 0.309 e. The Bertz CT molecular complexity index is 200. The van der Waals surface area contributed by atoms with E-state index >= 15 is 0 Å². The highest BCUT2D eigenvalue weighted by Crippen LogP contribution is 2.44. The van der Waals surface area contributed by atoms with Crippen LogP contribution >= 0.6 is 0 Å². The van der Waals surface area contributed by atoms with E-state index in [0.717, 1.165) is 0 Å². The van der Waals surface area contributed by atoms with Crippen molar-refractivity contribution in [2.45, 2.75) is 26.7 Å². The summed E-state index contributed by atoms with van der Waals surface area (Å²) in [5, 5.41) is 0. The van der Waals surface area contributed by atoms with Gasteiger partial charge in [0.05, 0.1) is 12.5 Å². The number of hydrogen-bond acceptors (Lipinski definition) is 2. The molecule has 1 saturated carbocycles. The first-order valence-electron chi connectivity index (χ1n) is 4.87. The van der Waals surface area contributed by atoms with Gasteiger partial charge in [0.25, 0.3) is 0 Å². The summed E-state index contributed by atoms with van der Waals surface area (Å²) in [5.74, 6) is 2.01. The minimum atomic E-state index is 0.0584. The molecule has 1 heterocycles. The average Bonchev–Trinajstić information content (AvgIpc) is 2.42. The Morgan fingerprint density at radius 1 is 1.25 bits per heavy atom. The van der Waals surface area contributed by atoms with Crippen molar-refractivity contribution in [1.82, 2.24) is 0 Å². The molecule has 0 bridgehead atoms. The predicted molar refractivity (Wildman–Crippen MR) is 45.5 cm³/mol. The van der Waals surface area contributed by atoms with Gasteiger partial charge in [0.15, 0.2) is 0 Å². The molecule has 0 radical (unpaired) electrons. The lowest BCUT2D eigenvalue weighted by atomic mass is 9.81. The number of carbonyl (C=O) groups is 1. The summed E-state index contributed by atoms with van der Waals surface area (Å²) in [6.45, 7) is 5.01. The van der Waals surface area contributed by atoms with Gasteiger partial charge in [0.2, 0.25) is 0 Å². The Balaban J connectivity index is 2.18. The fourth-order valence-corrected chi connectivity index (χ4v) is 2.72. The van der Waals surface area contributed by atoms with Gasteiger partial charge in [0, 0.05) is 0 Å². The minimum Gasteiger partial charge on any atom is -0.465 e. The van der Waals surface area contributed by atoms with Crippen molar-refractivity contribution >= 4 is 5.97 Å². The van der Waals surface area contributed by atoms with Crippen molar-refractivity contribution in [3.63, 3.8) is 0 Å². The minimum absolute atomic E-state index is 0.0584. The molecule has 0 aromatic rings. The van der Waals surface area contributed by atoms with Gasteiger partial charge in [-0.05, 0) is 30.6 Å². The van der Waals surface area contributed by atoms with Crippen LogP contribution in [0.25, 0.3) is 0 Å². The van der Waals surface area contributed by atoms with E-state index < -0.39 is 0 Å². The number of esters is 1. The zero-order valence-electron chi connectivity index (χ0n) is 7.75. The van der Waals surface area contributed by atoms with E-state index in [9.17, 15) is 4.79 Å². The molecule has 0 N–H and O–H groups in total. The zero-order chi connectivity index (χ0) is 8.72. The highest BCUT2D eigenvalue weighted by atomic mass is 16.5. The maximum absolute atomic E-state index is 11.4. The summed E-state index contributed by atoms with van der Waals surface area (Å²) in [5.41, 5.74) is 0. The smallest absolute Gasteiger partial charge is 0.309 e. The van der Waals surface area contributed by atoms with Crippen molar-refractivity contribution in [3.8, 4) is 0 Å². The Labute approximate surface area is 73.3 Å². The van der Waals surface area contributed by atoms with Gasteiger partial charge in [-0.25, -0.2) is 0 Å². The van der Waals surface area contributed by atoms with Crippen LogP contribution in [0.3, 0.4) is 0 Å². The first-order chi connectivity index (χ1) is 5.70. The van der Waals surface area contributed by atoms with E-state index in [0.29, 0.717) is 24.4 Å². The van der Waals surface area contributed by atoms with Crippen LogP contribution in [0.1, 0.15) is 26.7 Å². The van der Waals surface area contributed by atoms with Crippen LogP contribution in [-0.4, -0.2) is 12.6 Å². The quantitative estimate of drug-likeness (QED) is 0.516. The lowest BCUT2D eigenvalue weighted by molar-refractivity contribution is -0.160. The zero-order valence-corrected chi connectivity index (χ0v) is 7.75. The molecule has 68 valence electrons. The number of fused-ring (bicyclic) bond motifs is 1. The maximum atomic E-state index is 11.4. The van der Waals surface area contributed by atoms with Crippen molar-refractivity contribution in [2.24, 2.45) is 23.7 Å². The molecule has 12 heavy (non-hydrogen) atoms. The molecular formula is C10H16O2. The molecule has 0 amide bonds. The van der Waals surface area contributed by atoms with Gasteiger partial charge >= 0.3 is 5.97 Å². The number of ether oxygens (including phenoxy) is 1.